The number of rotatable bonds is 12. The molecule has 1 aliphatic heterocycles. The Hall–Kier alpha value is -2.27. The Morgan fingerprint density at radius 3 is 2.31 bits per heavy atom. The summed E-state index contributed by atoms with van der Waals surface area (Å²) in [7, 11) is -1.62. The van der Waals surface area contributed by atoms with Gasteiger partial charge in [-0.3, -0.25) is 4.79 Å². The van der Waals surface area contributed by atoms with Gasteiger partial charge in [-0.15, -0.1) is 11.3 Å². The normalized spacial score (nSPS) is 14.0. The van der Waals surface area contributed by atoms with E-state index in [4.69, 9.17) is 4.74 Å². The summed E-state index contributed by atoms with van der Waals surface area (Å²) >= 11 is 1.39. The predicted molar refractivity (Wildman–Crippen MR) is 143 cm³/mol. The van der Waals surface area contributed by atoms with E-state index in [-0.39, 0.29) is 11.5 Å². The minimum Gasteiger partial charge on any atom is -0.462 e. The lowest BCUT2D eigenvalue weighted by atomic mass is 10.0. The number of amides is 1. The van der Waals surface area contributed by atoms with Gasteiger partial charge in [0.1, 0.15) is 5.00 Å². The number of likely N-dealkylation sites (N-methyl/N-ethyl adjacent to an activating group) is 1. The van der Waals surface area contributed by atoms with E-state index < -0.39 is 21.9 Å². The summed E-state index contributed by atoms with van der Waals surface area (Å²) in [5, 5.41) is 3.35. The van der Waals surface area contributed by atoms with Crippen LogP contribution in [0.4, 0.5) is 5.00 Å². The summed E-state index contributed by atoms with van der Waals surface area (Å²) in [6.45, 7) is 8.58. The van der Waals surface area contributed by atoms with Crippen LogP contribution >= 0.6 is 11.3 Å². The molecule has 3 rings (SSSR count). The van der Waals surface area contributed by atoms with Crippen LogP contribution < -0.4 is 5.32 Å². The topological polar surface area (TPSA) is 96.0 Å². The first kappa shape index (κ1) is 28.3. The van der Waals surface area contributed by atoms with Gasteiger partial charge in [0, 0.05) is 36.6 Å². The van der Waals surface area contributed by atoms with Crippen LogP contribution in [0, 0.1) is 0 Å². The van der Waals surface area contributed by atoms with E-state index in [0.717, 1.165) is 42.7 Å². The second-order valence-corrected chi connectivity index (χ2v) is 12.0. The number of sulfonamides is 1. The summed E-state index contributed by atoms with van der Waals surface area (Å²) in [6.07, 6.45) is 4.13. The number of anilines is 1. The quantitative estimate of drug-likeness (QED) is 0.394. The highest BCUT2D eigenvalue weighted by Gasteiger charge is 2.29. The van der Waals surface area contributed by atoms with Crippen molar-refractivity contribution in [3.05, 3.63) is 45.8 Å². The molecule has 0 saturated carbocycles. The van der Waals surface area contributed by atoms with Crippen LogP contribution in [-0.2, 0) is 27.7 Å². The third-order valence-electron chi connectivity index (χ3n) is 6.23. The van der Waals surface area contributed by atoms with Gasteiger partial charge >= 0.3 is 5.97 Å². The SMILES string of the molecule is CCCCN(CCCC)S(=O)(=O)c1ccc(C(=O)Nc2sc3c(c2C(=O)OCC)CCN(C)C3)cc1. The lowest BCUT2D eigenvalue weighted by molar-refractivity contribution is 0.0526. The number of unbranched alkanes of at least 4 members (excludes halogenated alkanes) is 2. The number of hydrogen-bond donors (Lipinski definition) is 1. The van der Waals surface area contributed by atoms with Crippen LogP contribution in [0.5, 0.6) is 0 Å². The standard InChI is InChI=1S/C26H37N3O5S2/c1-5-8-15-29(16-9-6-2)36(32,33)20-12-10-19(11-13-20)24(30)27-25-23(26(31)34-7-3)21-14-17-28(4)18-22(21)35-25/h10-13H,5-9,14-18H2,1-4H3,(H,27,30). The second kappa shape index (κ2) is 12.8. The molecule has 2 heterocycles. The number of benzene rings is 1. The Balaban J connectivity index is 1.82. The molecule has 0 spiro atoms. The van der Waals surface area contributed by atoms with E-state index in [1.807, 2.05) is 20.9 Å². The maximum atomic E-state index is 13.2. The summed E-state index contributed by atoms with van der Waals surface area (Å²) in [5.74, 6) is -0.833. The molecule has 0 saturated heterocycles. The fourth-order valence-electron chi connectivity index (χ4n) is 4.16. The highest BCUT2D eigenvalue weighted by atomic mass is 32.2. The number of hydrogen-bond acceptors (Lipinski definition) is 7. The Morgan fingerprint density at radius 2 is 1.72 bits per heavy atom. The highest BCUT2D eigenvalue weighted by molar-refractivity contribution is 7.89. The predicted octanol–water partition coefficient (Wildman–Crippen LogP) is 4.76. The Kier molecular flexibility index (Phi) is 10.1. The fraction of sp³-hybridized carbons (Fsp3) is 0.538. The van der Waals surface area contributed by atoms with Crippen molar-refractivity contribution < 1.29 is 22.7 Å². The fourth-order valence-corrected chi connectivity index (χ4v) is 6.99. The van der Waals surface area contributed by atoms with Gasteiger partial charge < -0.3 is 15.0 Å². The maximum absolute atomic E-state index is 13.2. The molecule has 0 fully saturated rings. The maximum Gasteiger partial charge on any atom is 0.341 e. The molecule has 1 aliphatic rings. The molecule has 0 aliphatic carbocycles. The number of nitrogens with zero attached hydrogens (tertiary/aromatic N) is 2. The van der Waals surface area contributed by atoms with Crippen molar-refractivity contribution in [3.63, 3.8) is 0 Å². The van der Waals surface area contributed by atoms with Crippen LogP contribution in [0.3, 0.4) is 0 Å². The third kappa shape index (κ3) is 6.53. The van der Waals surface area contributed by atoms with E-state index in [0.29, 0.717) is 42.2 Å². The largest absolute Gasteiger partial charge is 0.462 e. The van der Waals surface area contributed by atoms with Crippen molar-refractivity contribution >= 4 is 38.2 Å². The molecule has 1 amide bonds. The number of ether oxygens (including phenoxy) is 1. The first-order valence-electron chi connectivity index (χ1n) is 12.6. The number of carbonyl (C=O) groups excluding carboxylic acids is 2. The van der Waals surface area contributed by atoms with E-state index in [2.05, 4.69) is 10.2 Å². The van der Waals surface area contributed by atoms with Gasteiger partial charge in [-0.2, -0.15) is 4.31 Å². The van der Waals surface area contributed by atoms with Gasteiger partial charge in [-0.05, 0) is 63.1 Å². The highest BCUT2D eigenvalue weighted by Crippen LogP contribution is 2.37. The van der Waals surface area contributed by atoms with Crippen molar-refractivity contribution in [2.45, 2.75) is 64.3 Å². The van der Waals surface area contributed by atoms with E-state index in [9.17, 15) is 18.0 Å². The van der Waals surface area contributed by atoms with Gasteiger partial charge in [-0.25, -0.2) is 13.2 Å². The van der Waals surface area contributed by atoms with Gasteiger partial charge in [0.25, 0.3) is 5.91 Å². The molecule has 1 aromatic carbocycles. The minimum absolute atomic E-state index is 0.174. The summed E-state index contributed by atoms with van der Waals surface area (Å²) < 4.78 is 33.2. The smallest absolute Gasteiger partial charge is 0.341 e. The molecule has 0 atom stereocenters. The second-order valence-electron chi connectivity index (χ2n) is 9.01. The molecule has 2 aromatic rings. The van der Waals surface area contributed by atoms with Gasteiger partial charge in [0.2, 0.25) is 10.0 Å². The van der Waals surface area contributed by atoms with Crippen molar-refractivity contribution in [3.8, 4) is 0 Å². The van der Waals surface area contributed by atoms with E-state index in [1.54, 1.807) is 6.92 Å². The molecule has 0 radical (unpaired) electrons. The first-order chi connectivity index (χ1) is 17.2. The van der Waals surface area contributed by atoms with Crippen molar-refractivity contribution in [1.82, 2.24) is 9.21 Å². The molecule has 198 valence electrons. The number of carbonyl (C=O) groups is 2. The number of esters is 1. The molecule has 0 bridgehead atoms. The van der Waals surface area contributed by atoms with Crippen molar-refractivity contribution in [2.24, 2.45) is 0 Å². The average molecular weight is 536 g/mol. The number of thiophene rings is 1. The zero-order valence-corrected chi connectivity index (χ0v) is 23.3. The molecule has 1 N–H and O–H groups in total. The van der Waals surface area contributed by atoms with E-state index >= 15 is 0 Å². The zero-order valence-electron chi connectivity index (χ0n) is 21.6. The van der Waals surface area contributed by atoms with Crippen LogP contribution in [0.1, 0.15) is 77.6 Å². The first-order valence-corrected chi connectivity index (χ1v) is 14.9. The van der Waals surface area contributed by atoms with Crippen LogP contribution in [0.25, 0.3) is 0 Å². The van der Waals surface area contributed by atoms with Gasteiger partial charge in [0.15, 0.2) is 0 Å². The monoisotopic (exact) mass is 535 g/mol. The van der Waals surface area contributed by atoms with E-state index in [1.165, 1.54) is 39.9 Å². The molecule has 10 heteroatoms. The van der Waals surface area contributed by atoms with Crippen molar-refractivity contribution in [2.75, 3.05) is 38.6 Å². The summed E-state index contributed by atoms with van der Waals surface area (Å²) in [4.78, 5) is 29.2. The van der Waals surface area contributed by atoms with Crippen molar-refractivity contribution in [1.29, 1.82) is 0 Å². The zero-order chi connectivity index (χ0) is 26.3. The number of nitrogens with one attached hydrogen (secondary N) is 1. The number of fused-ring (bicyclic) bond motifs is 1. The average Bonchev–Trinajstić information content (AvgIpc) is 3.20. The minimum atomic E-state index is -3.64. The molecule has 8 nitrogen and oxygen atoms in total. The molecular weight excluding hydrogens is 498 g/mol. The summed E-state index contributed by atoms with van der Waals surface area (Å²) in [6, 6.07) is 6.00. The molecular formula is C26H37N3O5S2. The lowest BCUT2D eigenvalue weighted by Crippen LogP contribution is -2.33. The molecule has 0 unspecified atom stereocenters. The third-order valence-corrected chi connectivity index (χ3v) is 9.28. The Labute approximate surface area is 218 Å². The Morgan fingerprint density at radius 1 is 1.08 bits per heavy atom. The van der Waals surface area contributed by atoms with Crippen LogP contribution in [0.15, 0.2) is 29.2 Å². The van der Waals surface area contributed by atoms with Crippen LogP contribution in [0.2, 0.25) is 0 Å². The van der Waals surface area contributed by atoms with Gasteiger partial charge in [-0.1, -0.05) is 26.7 Å². The lowest BCUT2D eigenvalue weighted by Gasteiger charge is -2.22. The van der Waals surface area contributed by atoms with Crippen LogP contribution in [-0.4, -0.2) is 62.8 Å². The molecule has 36 heavy (non-hydrogen) atoms. The molecule has 1 aromatic heterocycles. The Bertz CT molecular complexity index is 1150. The van der Waals surface area contributed by atoms with Gasteiger partial charge in [0.05, 0.1) is 17.1 Å². The summed E-state index contributed by atoms with van der Waals surface area (Å²) in [5.41, 5.74) is 1.69.